The number of fused-ring (bicyclic) bond motifs is 8. The van der Waals surface area contributed by atoms with Crippen LogP contribution in [0.1, 0.15) is 99.8 Å². The quantitative estimate of drug-likeness (QED) is 0.0819. The molecule has 0 unspecified atom stereocenters. The second kappa shape index (κ2) is 37.4. The van der Waals surface area contributed by atoms with Gasteiger partial charge in [-0.15, -0.1) is 0 Å². The van der Waals surface area contributed by atoms with Crippen LogP contribution in [0, 0.1) is 184 Å². The Morgan fingerprint density at radius 3 is 0.883 bits per heavy atom. The molecule has 0 aliphatic rings. The summed E-state index contributed by atoms with van der Waals surface area (Å²) in [5, 5.41) is -8.91. The zero-order valence-electron chi connectivity index (χ0n) is 73.4. The predicted molar refractivity (Wildman–Crippen MR) is 479 cm³/mol. The van der Waals surface area contributed by atoms with Crippen LogP contribution < -0.4 is 23.7 Å². The van der Waals surface area contributed by atoms with Crippen molar-refractivity contribution in [1.82, 2.24) is 0 Å². The van der Waals surface area contributed by atoms with E-state index in [0.717, 1.165) is 50.6 Å². The Morgan fingerprint density at radius 1 is 0.204 bits per heavy atom. The van der Waals surface area contributed by atoms with Gasteiger partial charge >= 0.3 is 0 Å². The van der Waals surface area contributed by atoms with Gasteiger partial charge in [-0.3, -0.25) is 0 Å². The van der Waals surface area contributed by atoms with Crippen molar-refractivity contribution < 1.29 is 147 Å². The molecule has 0 aliphatic heterocycles. The Morgan fingerprint density at radius 2 is 0.474 bits per heavy atom. The number of hydrogen-bond donors (Lipinski definition) is 0. The van der Waals surface area contributed by atoms with Gasteiger partial charge in [-0.25, -0.2) is 114 Å². The zero-order chi connectivity index (χ0) is 102. The van der Waals surface area contributed by atoms with Gasteiger partial charge in [-0.2, -0.15) is 8.78 Å². The number of aryl methyl sites for hydroxylation is 1. The van der Waals surface area contributed by atoms with E-state index in [0.29, 0.717) is 7.11 Å². The van der Waals surface area contributed by atoms with Crippen LogP contribution in [0.25, 0.3) is 131 Å². The van der Waals surface area contributed by atoms with Crippen LogP contribution in [0.2, 0.25) is 0 Å². The zero-order valence-corrected chi connectivity index (χ0v) is 79.7. The summed E-state index contributed by atoms with van der Waals surface area (Å²) in [5.41, 5.74) is -5.26. The second-order valence-corrected chi connectivity index (χ2v) is 38.3. The monoisotopic (exact) mass is 2190 g/mol. The first-order chi connectivity index (χ1) is 63.6. The van der Waals surface area contributed by atoms with Crippen molar-refractivity contribution in [3.63, 3.8) is 0 Å². The lowest BCUT2D eigenvalue weighted by molar-refractivity contribution is 0.124. The number of rotatable bonds is 9. The third kappa shape index (κ3) is 18.0. The molecule has 37 heteroatoms. The van der Waals surface area contributed by atoms with E-state index < -0.39 is 289 Å². The largest absolute Gasteiger partial charge is 0.493 e. The number of halogens is 32. The summed E-state index contributed by atoms with van der Waals surface area (Å²) in [4.78, 5) is 0. The van der Waals surface area contributed by atoms with Gasteiger partial charge in [0.1, 0.15) is 39.7 Å². The molecular formula is C100H64Br4F28O5. The van der Waals surface area contributed by atoms with Crippen LogP contribution in [0.4, 0.5) is 123 Å². The highest BCUT2D eigenvalue weighted by Crippen LogP contribution is 2.57. The summed E-state index contributed by atoms with van der Waals surface area (Å²) in [7, 11) is 0.560. The smallest absolute Gasteiger partial charge is 0.202 e. The molecular weight excluding hydrogens is 2130 g/mol. The maximum absolute atomic E-state index is 15.4. The van der Waals surface area contributed by atoms with Crippen molar-refractivity contribution in [3.05, 3.63) is 295 Å². The van der Waals surface area contributed by atoms with Gasteiger partial charge in [-0.05, 0) is 216 Å². The lowest BCUT2D eigenvalue weighted by atomic mass is 9.88. The minimum Gasteiger partial charge on any atom is -0.493 e. The van der Waals surface area contributed by atoms with E-state index in [-0.39, 0.29) is 37.2 Å². The molecule has 0 aliphatic carbocycles. The molecule has 0 bridgehead atoms. The van der Waals surface area contributed by atoms with Crippen LogP contribution in [0.15, 0.2) is 115 Å². The summed E-state index contributed by atoms with van der Waals surface area (Å²) in [6, 6.07) is 27.6. The van der Waals surface area contributed by atoms with E-state index in [4.69, 9.17) is 18.9 Å². The fourth-order valence-electron chi connectivity index (χ4n) is 15.7. The van der Waals surface area contributed by atoms with Gasteiger partial charge in [0.2, 0.25) is 11.6 Å². The van der Waals surface area contributed by atoms with Crippen LogP contribution in [-0.4, -0.2) is 29.5 Å². The fourth-order valence-corrected chi connectivity index (χ4v) is 17.6. The molecule has 16 aromatic rings. The molecule has 5 nitrogen and oxygen atoms in total. The summed E-state index contributed by atoms with van der Waals surface area (Å²) >= 11 is 13.8. The minimum absolute atomic E-state index is 0.0366. The van der Waals surface area contributed by atoms with Crippen LogP contribution in [0.3, 0.4) is 0 Å². The average Bonchev–Trinajstić information content (AvgIpc) is 0.706. The summed E-state index contributed by atoms with van der Waals surface area (Å²) in [5.74, 6) is -63.6. The van der Waals surface area contributed by atoms with Crippen molar-refractivity contribution >= 4 is 150 Å². The van der Waals surface area contributed by atoms with Crippen molar-refractivity contribution in [2.75, 3.05) is 7.11 Å². The van der Waals surface area contributed by atoms with E-state index in [2.05, 4.69) is 157 Å². The summed E-state index contributed by atoms with van der Waals surface area (Å²) < 4.78 is 440. The molecule has 0 atom stereocenters. The SMILES string of the molecule is COc1c(F)c(F)c2c(F)c(F)c(F)c(F)c2c1-c1c(OC(C)(C)C)c(F)c(F)c2c(F)c(F)c(F)c(F)c12.Cc1c(Br)cc2c(F)c(F)c(F)c(F)c2c1-c1c(OC(C)(C)C)c(Br)cc2c(F)c(F)c(F)c(F)c12.Cc1c(Br)cc2ccccc2c1-c1c(OC(C)(C)C)c(Br)cc2ccccc12.Cc1ccc2c(F)c(F)c(F)c(F)c2c1-c1c(OC(C)(C)C)ccc2c(F)c(F)c(F)c(F)c12. The molecule has 16 rings (SSSR count). The van der Waals surface area contributed by atoms with Gasteiger partial charge in [0.15, 0.2) is 163 Å². The molecule has 0 spiro atoms. The molecule has 0 amide bonds. The Balaban J connectivity index is 0.000000155. The molecule has 0 saturated heterocycles. The van der Waals surface area contributed by atoms with Crippen molar-refractivity contribution in [1.29, 1.82) is 0 Å². The second-order valence-electron chi connectivity index (χ2n) is 34.9. The molecule has 0 aromatic heterocycles. The highest BCUT2D eigenvalue weighted by molar-refractivity contribution is 9.11. The molecule has 137 heavy (non-hydrogen) atoms. The Labute approximate surface area is 792 Å². The van der Waals surface area contributed by atoms with E-state index in [1.165, 1.54) is 73.4 Å². The third-order valence-electron chi connectivity index (χ3n) is 21.2. The lowest BCUT2D eigenvalue weighted by Gasteiger charge is -2.27. The molecule has 0 radical (unpaired) electrons. The number of hydrogen-bond acceptors (Lipinski definition) is 5. The number of ether oxygens (including phenoxy) is 5. The summed E-state index contributed by atoms with van der Waals surface area (Å²) in [6.07, 6.45) is 0. The Kier molecular flexibility index (Phi) is 28.1. The molecule has 0 saturated carbocycles. The average molecular weight is 2200 g/mol. The highest BCUT2D eigenvalue weighted by Gasteiger charge is 2.42. The van der Waals surface area contributed by atoms with Crippen LogP contribution in [0.5, 0.6) is 28.7 Å². The predicted octanol–water partition coefficient (Wildman–Crippen LogP) is 35.2. The van der Waals surface area contributed by atoms with Crippen LogP contribution in [-0.2, 0) is 0 Å². The number of methoxy groups -OCH3 is 1. The Hall–Kier alpha value is -11.4. The molecule has 0 N–H and O–H groups in total. The van der Waals surface area contributed by atoms with E-state index >= 15 is 39.5 Å². The van der Waals surface area contributed by atoms with Crippen molar-refractivity contribution in [2.24, 2.45) is 0 Å². The molecule has 718 valence electrons. The minimum atomic E-state index is -2.62. The first-order valence-corrected chi connectivity index (χ1v) is 43.3. The maximum Gasteiger partial charge on any atom is 0.202 e. The van der Waals surface area contributed by atoms with E-state index in [1.807, 2.05) is 0 Å². The third-order valence-corrected chi connectivity index (χ3v) is 24.1. The Bertz CT molecular complexity index is 7880. The first-order valence-electron chi connectivity index (χ1n) is 40.1. The molecule has 0 heterocycles. The fraction of sp³-hybridized carbons (Fsp3) is 0.200. The lowest BCUT2D eigenvalue weighted by Crippen LogP contribution is -2.24. The first kappa shape index (κ1) is 103. The standard InChI is InChI=1S/C25H14Br2F8O.C25H22Br2O.C25H12F12O2.C25H16F8O/c1-7-10(26)5-8-13(18(30)22(34)20(32)16(8)28)12(7)15-14-9(17(29)21(33)23(35)19(14)31)6-11(27)24(15)36-25(2,3)4;1-15-20(26)13-16-9-5-7-11-18(16)22(15)23-19-12-8-6-10-17(19)14-21(27)24(23)28-25(2,3)4;1-25(2,3)39-24-8(6-10(16(31)22(24)37)14(29)20(35)18(33)12(6)27)7-5-9(15(30)21(36)23(7)38-4)13(28)19(34)17(32)11(5)26;1-9-5-6-10-14(19(28)23(32)21(30)17(10)26)13(9)16-12(34-25(2,3)4)8-7-11-15(16)20(29)24(33)22(31)18(11)27/h5-6H,1-4H3;5-14H,1-4H3;1-4H3;5-8H,1-4H3. The van der Waals surface area contributed by atoms with Gasteiger partial charge in [0, 0.05) is 102 Å². The van der Waals surface area contributed by atoms with Gasteiger partial charge < -0.3 is 23.7 Å². The van der Waals surface area contributed by atoms with Gasteiger partial charge in [0.05, 0.1) is 26.8 Å². The summed E-state index contributed by atoms with van der Waals surface area (Å²) in [6.45, 7) is 24.2. The maximum atomic E-state index is 15.4. The number of benzene rings is 16. The van der Waals surface area contributed by atoms with Gasteiger partial charge in [0.25, 0.3) is 0 Å². The van der Waals surface area contributed by atoms with Crippen molar-refractivity contribution in [2.45, 2.75) is 126 Å². The topological polar surface area (TPSA) is 46.2 Å². The van der Waals surface area contributed by atoms with E-state index in [9.17, 15) is 83.4 Å². The van der Waals surface area contributed by atoms with Crippen molar-refractivity contribution in [3.8, 4) is 73.3 Å². The normalized spacial score (nSPS) is 12.1. The van der Waals surface area contributed by atoms with E-state index in [1.54, 1.807) is 41.5 Å². The van der Waals surface area contributed by atoms with Crippen LogP contribution >= 0.6 is 63.7 Å². The molecule has 0 fully saturated rings. The molecule has 16 aromatic carbocycles. The van der Waals surface area contributed by atoms with Gasteiger partial charge in [-0.1, -0.05) is 92.5 Å². The highest BCUT2D eigenvalue weighted by atomic mass is 79.9.